The number of benzene rings is 4. The smallest absolute Gasteiger partial charge is 0.335 e. The summed E-state index contributed by atoms with van der Waals surface area (Å²) in [4.78, 5) is 26.8. The molecule has 0 spiro atoms. The largest absolute Gasteiger partial charge is 0.508 e. The summed E-state index contributed by atoms with van der Waals surface area (Å²) in [7, 11) is -4.49. The molecule has 1 amide bonds. The van der Waals surface area contributed by atoms with Gasteiger partial charge >= 0.3 is 5.97 Å². The summed E-state index contributed by atoms with van der Waals surface area (Å²) in [6, 6.07) is 21.9. The van der Waals surface area contributed by atoms with Gasteiger partial charge in [-0.3, -0.25) is 4.79 Å². The summed E-state index contributed by atoms with van der Waals surface area (Å²) in [6.45, 7) is 0. The molecule has 4 unspecified atom stereocenters. The van der Waals surface area contributed by atoms with Gasteiger partial charge in [-0.15, -0.1) is 0 Å². The van der Waals surface area contributed by atoms with E-state index in [1.54, 1.807) is 48.5 Å². The van der Waals surface area contributed by atoms with Crippen LogP contribution in [0.4, 0.5) is 10.1 Å². The lowest BCUT2D eigenvalue weighted by atomic mass is 9.90. The third kappa shape index (κ3) is 6.66. The molecule has 6 N–H and O–H groups in total. The summed E-state index contributed by atoms with van der Waals surface area (Å²) in [6.07, 6.45) is -11.5. The van der Waals surface area contributed by atoms with Crippen LogP contribution in [0.15, 0.2) is 97.1 Å². The highest BCUT2D eigenvalue weighted by molar-refractivity contribution is 7.93. The van der Waals surface area contributed by atoms with E-state index < -0.39 is 81.4 Å². The molecule has 2 heterocycles. The number of sulfone groups is 1. The fraction of sp³-hybridized carbons (Fsp3) is 0.257. The van der Waals surface area contributed by atoms with E-state index in [1.165, 1.54) is 41.3 Å². The summed E-state index contributed by atoms with van der Waals surface area (Å²) in [5.74, 6) is -4.25. The van der Waals surface area contributed by atoms with Gasteiger partial charge in [0.2, 0.25) is 12.2 Å². The van der Waals surface area contributed by atoms with Crippen molar-refractivity contribution in [3.63, 3.8) is 0 Å². The summed E-state index contributed by atoms with van der Waals surface area (Å²) < 4.78 is 52.8. The maximum absolute atomic E-state index is 14.0. The zero-order valence-electron chi connectivity index (χ0n) is 25.9. The zero-order valence-corrected chi connectivity index (χ0v) is 26.7. The first-order chi connectivity index (χ1) is 23.8. The van der Waals surface area contributed by atoms with Gasteiger partial charge in [0.05, 0.1) is 17.9 Å². The van der Waals surface area contributed by atoms with Gasteiger partial charge in [0, 0.05) is 11.3 Å². The number of amides is 1. The first kappa shape index (κ1) is 34.9. The number of carboxylic acids is 1. The first-order valence-corrected chi connectivity index (χ1v) is 17.0. The second-order valence-corrected chi connectivity index (χ2v) is 14.1. The highest BCUT2D eigenvalue weighted by Crippen LogP contribution is 2.47. The highest BCUT2D eigenvalue weighted by Gasteiger charge is 2.57. The molecule has 2 fully saturated rings. The Morgan fingerprint density at radius 1 is 0.880 bits per heavy atom. The second-order valence-electron chi connectivity index (χ2n) is 12.0. The molecule has 2 aliphatic rings. The number of nitrogens with zero attached hydrogens (tertiary/aromatic N) is 1. The molecule has 2 aliphatic heterocycles. The van der Waals surface area contributed by atoms with Crippen LogP contribution in [-0.2, 0) is 24.2 Å². The molecule has 50 heavy (non-hydrogen) atoms. The van der Waals surface area contributed by atoms with Crippen molar-refractivity contribution in [2.24, 2.45) is 0 Å². The number of rotatable bonds is 10. The molecular weight excluding hydrogens is 677 g/mol. The number of phenols is 1. The van der Waals surface area contributed by atoms with E-state index in [9.17, 15) is 53.0 Å². The van der Waals surface area contributed by atoms with Crippen molar-refractivity contribution in [1.29, 1.82) is 0 Å². The van der Waals surface area contributed by atoms with Crippen LogP contribution in [0.3, 0.4) is 0 Å². The maximum atomic E-state index is 14.0. The molecule has 0 radical (unpaired) electrons. The normalized spacial score (nSPS) is 25.8. The third-order valence-electron chi connectivity index (χ3n) is 8.68. The van der Waals surface area contributed by atoms with Gasteiger partial charge in [0.15, 0.2) is 21.2 Å². The minimum atomic E-state index is -4.49. The van der Waals surface area contributed by atoms with Crippen LogP contribution in [0.2, 0.25) is 0 Å². The van der Waals surface area contributed by atoms with Crippen LogP contribution < -0.4 is 9.64 Å². The molecule has 4 aromatic carbocycles. The minimum Gasteiger partial charge on any atom is -0.508 e. The quantitative estimate of drug-likeness (QED) is 0.131. The second kappa shape index (κ2) is 13.8. The standard InChI is InChI=1S/C35H32FNO12S/c36-21-12-9-18(10-13-21)25(39)17-50(46,47)32-27(37(33(32)43)22-6-2-1-3-7-22)24-14-11-20(19-5-4-8-23(38)15-19)16-26(24)48-35-30(42)28(40)29(41)31(49-35)34(44)45/h1-16,25,27-32,35,38-42H,17H2,(H,44,45)/t25-,27+,28?,29?,30?,31?,32+,35+/m0/s1. The Morgan fingerprint density at radius 3 is 2.22 bits per heavy atom. The number of aliphatic carboxylic acids is 1. The summed E-state index contributed by atoms with van der Waals surface area (Å²) in [5, 5.41) is 60.2. The number of β-lactam (4-membered cyclic amide) rings is 1. The van der Waals surface area contributed by atoms with Gasteiger partial charge in [0.25, 0.3) is 0 Å². The van der Waals surface area contributed by atoms with E-state index in [2.05, 4.69) is 0 Å². The molecule has 0 bridgehead atoms. The van der Waals surface area contributed by atoms with Crippen LogP contribution in [0.25, 0.3) is 11.1 Å². The molecule has 262 valence electrons. The lowest BCUT2D eigenvalue weighted by Gasteiger charge is -2.47. The predicted molar refractivity (Wildman–Crippen MR) is 174 cm³/mol. The molecule has 13 nitrogen and oxygen atoms in total. The minimum absolute atomic E-state index is 0.0606. The van der Waals surface area contributed by atoms with Gasteiger partial charge in [-0.1, -0.05) is 54.6 Å². The van der Waals surface area contributed by atoms with Crippen LogP contribution in [0.1, 0.15) is 23.3 Å². The topological polar surface area (TPSA) is 211 Å². The van der Waals surface area contributed by atoms with E-state index in [0.717, 1.165) is 12.1 Å². The number of hydrogen-bond acceptors (Lipinski definition) is 11. The van der Waals surface area contributed by atoms with Gasteiger partial charge in [-0.2, -0.15) is 0 Å². The number of aliphatic hydroxyl groups is 4. The Bertz CT molecular complexity index is 1990. The maximum Gasteiger partial charge on any atom is 0.335 e. The average molecular weight is 710 g/mol. The summed E-state index contributed by atoms with van der Waals surface area (Å²) in [5.41, 5.74) is 1.36. The molecule has 15 heteroatoms. The van der Waals surface area contributed by atoms with Gasteiger partial charge in [-0.05, 0) is 59.2 Å². The number of aliphatic hydroxyl groups excluding tert-OH is 4. The average Bonchev–Trinajstić information content (AvgIpc) is 3.07. The number of para-hydroxylation sites is 1. The molecule has 0 aliphatic carbocycles. The van der Waals surface area contributed by atoms with Gasteiger partial charge in [0.1, 0.15) is 35.6 Å². The number of halogens is 1. The lowest BCUT2D eigenvalue weighted by molar-refractivity contribution is -0.271. The number of hydrogen-bond donors (Lipinski definition) is 6. The Hall–Kier alpha value is -4.90. The predicted octanol–water partition coefficient (Wildman–Crippen LogP) is 2.07. The van der Waals surface area contributed by atoms with E-state index in [4.69, 9.17) is 9.47 Å². The number of aromatic hydroxyl groups is 1. The van der Waals surface area contributed by atoms with Gasteiger partial charge < -0.3 is 45.0 Å². The van der Waals surface area contributed by atoms with Crippen LogP contribution in [0, 0.1) is 5.82 Å². The van der Waals surface area contributed by atoms with Crippen molar-refractivity contribution in [2.45, 2.75) is 48.1 Å². The van der Waals surface area contributed by atoms with Crippen molar-refractivity contribution in [1.82, 2.24) is 0 Å². The Labute approximate surface area is 284 Å². The van der Waals surface area contributed by atoms with E-state index in [0.29, 0.717) is 16.8 Å². The highest BCUT2D eigenvalue weighted by atomic mass is 32.2. The first-order valence-electron chi connectivity index (χ1n) is 15.3. The van der Waals surface area contributed by atoms with E-state index in [-0.39, 0.29) is 22.6 Å². The third-order valence-corrected chi connectivity index (χ3v) is 10.7. The lowest BCUT2D eigenvalue weighted by Crippen LogP contribution is -2.63. The van der Waals surface area contributed by atoms with Crippen molar-refractivity contribution in [2.75, 3.05) is 10.7 Å². The van der Waals surface area contributed by atoms with E-state index in [1.807, 2.05) is 0 Å². The Kier molecular flexibility index (Phi) is 9.63. The number of carbonyl (C=O) groups is 2. The molecule has 8 atom stereocenters. The monoisotopic (exact) mass is 709 g/mol. The number of carboxylic acid groups (broad SMARTS) is 1. The van der Waals surface area contributed by atoms with Gasteiger partial charge in [-0.25, -0.2) is 17.6 Å². The number of phenolic OH excluding ortho intramolecular Hbond substituents is 1. The van der Waals surface area contributed by atoms with Crippen molar-refractivity contribution in [3.8, 4) is 22.6 Å². The van der Waals surface area contributed by atoms with E-state index >= 15 is 0 Å². The molecule has 4 aromatic rings. The Morgan fingerprint density at radius 2 is 1.56 bits per heavy atom. The van der Waals surface area contributed by atoms with Crippen molar-refractivity contribution < 1.29 is 62.5 Å². The molecule has 2 saturated heterocycles. The molecule has 0 saturated carbocycles. The molecular formula is C35H32FNO12S. The summed E-state index contributed by atoms with van der Waals surface area (Å²) >= 11 is 0. The SMILES string of the molecule is O=C(O)C1O[C@@H](Oc2cc(-c3cccc(O)c3)ccc2[C@@H]2[C@@H](S(=O)(=O)C[C@H](O)c3ccc(F)cc3)C(=O)N2c2ccccc2)C(O)C(O)C1O. The van der Waals surface area contributed by atoms with Crippen LogP contribution in [-0.4, -0.2) is 92.6 Å². The van der Waals surface area contributed by atoms with Crippen molar-refractivity contribution in [3.05, 3.63) is 114 Å². The number of ether oxygens (including phenoxy) is 2. The zero-order chi connectivity index (χ0) is 35.9. The molecule has 0 aromatic heterocycles. The fourth-order valence-electron chi connectivity index (χ4n) is 6.12. The van der Waals surface area contributed by atoms with Crippen LogP contribution in [0.5, 0.6) is 11.5 Å². The number of anilines is 1. The number of carbonyl (C=O) groups excluding carboxylic acids is 1. The molecule has 6 rings (SSSR count). The van der Waals surface area contributed by atoms with Crippen molar-refractivity contribution >= 4 is 27.4 Å². The Balaban J connectivity index is 1.45. The van der Waals surface area contributed by atoms with Crippen LogP contribution >= 0.6 is 0 Å². The fourth-order valence-corrected chi connectivity index (χ4v) is 8.04.